The van der Waals surface area contributed by atoms with Crippen LogP contribution in [0.3, 0.4) is 0 Å². The van der Waals surface area contributed by atoms with E-state index in [4.69, 9.17) is 0 Å². The quantitative estimate of drug-likeness (QED) is 0.563. The van der Waals surface area contributed by atoms with Crippen molar-refractivity contribution in [2.24, 2.45) is 5.92 Å². The largest absolute Gasteiger partial charge is 0.340 e. The predicted molar refractivity (Wildman–Crippen MR) is 99.6 cm³/mol. The number of rotatable bonds is 5. The second-order valence-electron chi connectivity index (χ2n) is 7.25. The van der Waals surface area contributed by atoms with Gasteiger partial charge in [-0.05, 0) is 24.8 Å². The van der Waals surface area contributed by atoms with Gasteiger partial charge in [0, 0.05) is 44.7 Å². The maximum absolute atomic E-state index is 12.8. The summed E-state index contributed by atoms with van der Waals surface area (Å²) >= 11 is 0. The minimum Gasteiger partial charge on any atom is -0.340 e. The zero-order valence-corrected chi connectivity index (χ0v) is 16.1. The fourth-order valence-electron chi connectivity index (χ4n) is 3.85. The van der Waals surface area contributed by atoms with Crippen LogP contribution >= 0.6 is 0 Å². The van der Waals surface area contributed by atoms with Gasteiger partial charge in [-0.15, -0.1) is 0 Å². The highest BCUT2D eigenvalue weighted by Gasteiger charge is 2.31. The first kappa shape index (κ1) is 19.8. The molecule has 0 atom stereocenters. The SMILES string of the molecule is O=C(CC1CCCCC1)N1CCN(S(=O)(=O)c2cccc([N+](=O)[O-])c2)CC1. The van der Waals surface area contributed by atoms with E-state index in [0.717, 1.165) is 18.9 Å². The van der Waals surface area contributed by atoms with Crippen LogP contribution in [-0.4, -0.2) is 54.6 Å². The molecule has 1 saturated carbocycles. The van der Waals surface area contributed by atoms with Gasteiger partial charge in [-0.2, -0.15) is 4.31 Å². The molecular formula is C18H25N3O5S. The molecule has 27 heavy (non-hydrogen) atoms. The Morgan fingerprint density at radius 1 is 1.11 bits per heavy atom. The molecule has 0 aromatic heterocycles. The van der Waals surface area contributed by atoms with E-state index >= 15 is 0 Å². The van der Waals surface area contributed by atoms with Crippen molar-refractivity contribution in [2.75, 3.05) is 26.2 Å². The molecule has 0 N–H and O–H groups in total. The number of piperazine rings is 1. The average Bonchev–Trinajstić information content (AvgIpc) is 2.69. The van der Waals surface area contributed by atoms with Crippen LogP contribution in [0.1, 0.15) is 38.5 Å². The monoisotopic (exact) mass is 395 g/mol. The second kappa shape index (κ2) is 8.35. The standard InChI is InChI=1S/C18H25N3O5S/c22-18(13-15-5-2-1-3-6-15)19-9-11-20(12-10-19)27(25,26)17-8-4-7-16(14-17)21(23)24/h4,7-8,14-15H,1-3,5-6,9-13H2. The zero-order chi connectivity index (χ0) is 19.4. The number of amides is 1. The van der Waals surface area contributed by atoms with Crippen molar-refractivity contribution < 1.29 is 18.1 Å². The molecule has 9 heteroatoms. The third-order valence-electron chi connectivity index (χ3n) is 5.45. The first-order chi connectivity index (χ1) is 12.9. The van der Waals surface area contributed by atoms with Crippen LogP contribution in [-0.2, 0) is 14.8 Å². The summed E-state index contributed by atoms with van der Waals surface area (Å²) in [6, 6.07) is 5.08. The number of hydrogen-bond donors (Lipinski definition) is 0. The molecule has 1 aromatic carbocycles. The fourth-order valence-corrected chi connectivity index (χ4v) is 5.31. The summed E-state index contributed by atoms with van der Waals surface area (Å²) in [5.74, 6) is 0.562. The van der Waals surface area contributed by atoms with Crippen LogP contribution in [0.5, 0.6) is 0 Å². The van der Waals surface area contributed by atoms with Crippen molar-refractivity contribution in [1.29, 1.82) is 0 Å². The van der Waals surface area contributed by atoms with Crippen LogP contribution in [0.15, 0.2) is 29.2 Å². The van der Waals surface area contributed by atoms with E-state index in [-0.39, 0.29) is 29.6 Å². The molecule has 1 aliphatic carbocycles. The minimum absolute atomic E-state index is 0.0846. The smallest absolute Gasteiger partial charge is 0.270 e. The molecule has 0 bridgehead atoms. The van der Waals surface area contributed by atoms with E-state index in [1.165, 1.54) is 41.8 Å². The normalized spacial score (nSPS) is 19.8. The van der Waals surface area contributed by atoms with Crippen LogP contribution in [0, 0.1) is 16.0 Å². The number of hydrogen-bond acceptors (Lipinski definition) is 5. The molecule has 8 nitrogen and oxygen atoms in total. The topological polar surface area (TPSA) is 101 Å². The van der Waals surface area contributed by atoms with Gasteiger partial charge in [0.05, 0.1) is 9.82 Å². The van der Waals surface area contributed by atoms with Crippen LogP contribution in [0.4, 0.5) is 5.69 Å². The van der Waals surface area contributed by atoms with E-state index in [1.54, 1.807) is 4.90 Å². The molecule has 1 heterocycles. The number of carbonyl (C=O) groups excluding carboxylic acids is 1. The van der Waals surface area contributed by atoms with E-state index in [9.17, 15) is 23.3 Å². The Labute approximate surface area is 159 Å². The Bertz CT molecular complexity index is 797. The highest BCUT2D eigenvalue weighted by molar-refractivity contribution is 7.89. The van der Waals surface area contributed by atoms with Crippen molar-refractivity contribution >= 4 is 21.6 Å². The molecule has 1 amide bonds. The van der Waals surface area contributed by atoms with Gasteiger partial charge in [0.2, 0.25) is 15.9 Å². The zero-order valence-electron chi connectivity index (χ0n) is 15.2. The van der Waals surface area contributed by atoms with Gasteiger partial charge < -0.3 is 4.90 Å². The summed E-state index contributed by atoms with van der Waals surface area (Å²) in [6.45, 7) is 1.14. The molecule has 1 saturated heterocycles. The fraction of sp³-hybridized carbons (Fsp3) is 0.611. The van der Waals surface area contributed by atoms with E-state index < -0.39 is 14.9 Å². The summed E-state index contributed by atoms with van der Waals surface area (Å²) in [4.78, 5) is 24.4. The third kappa shape index (κ3) is 4.65. The molecule has 2 fully saturated rings. The lowest BCUT2D eigenvalue weighted by molar-refractivity contribution is -0.385. The number of nitro benzene ring substituents is 1. The Morgan fingerprint density at radius 2 is 1.78 bits per heavy atom. The summed E-state index contributed by atoms with van der Waals surface area (Å²) in [7, 11) is -3.80. The van der Waals surface area contributed by atoms with Crippen LogP contribution in [0.2, 0.25) is 0 Å². The molecule has 0 unspecified atom stereocenters. The number of nitro groups is 1. The van der Waals surface area contributed by atoms with E-state index in [0.29, 0.717) is 25.4 Å². The number of carbonyl (C=O) groups is 1. The van der Waals surface area contributed by atoms with Gasteiger partial charge in [-0.25, -0.2) is 8.42 Å². The number of nitrogens with zero attached hydrogens (tertiary/aromatic N) is 3. The molecule has 3 rings (SSSR count). The first-order valence-corrected chi connectivity index (χ1v) is 10.8. The van der Waals surface area contributed by atoms with Crippen molar-refractivity contribution in [3.63, 3.8) is 0 Å². The summed E-state index contributed by atoms with van der Waals surface area (Å²) in [5.41, 5.74) is -0.252. The summed E-state index contributed by atoms with van der Waals surface area (Å²) < 4.78 is 26.8. The molecule has 0 radical (unpaired) electrons. The lowest BCUT2D eigenvalue weighted by Crippen LogP contribution is -2.50. The summed E-state index contributed by atoms with van der Waals surface area (Å²) in [5, 5.41) is 10.9. The van der Waals surface area contributed by atoms with Gasteiger partial charge >= 0.3 is 0 Å². The second-order valence-corrected chi connectivity index (χ2v) is 9.19. The Hall–Kier alpha value is -2.00. The van der Waals surface area contributed by atoms with Crippen molar-refractivity contribution in [2.45, 2.75) is 43.4 Å². The van der Waals surface area contributed by atoms with Gasteiger partial charge in [0.1, 0.15) is 0 Å². The third-order valence-corrected chi connectivity index (χ3v) is 7.34. The molecule has 1 aliphatic heterocycles. The maximum Gasteiger partial charge on any atom is 0.270 e. The predicted octanol–water partition coefficient (Wildman–Crippen LogP) is 2.40. The number of benzene rings is 1. The van der Waals surface area contributed by atoms with Crippen LogP contribution in [0.25, 0.3) is 0 Å². The molecule has 1 aromatic rings. The lowest BCUT2D eigenvalue weighted by atomic mass is 9.86. The van der Waals surface area contributed by atoms with Crippen molar-refractivity contribution in [3.8, 4) is 0 Å². The number of sulfonamides is 1. The molecular weight excluding hydrogens is 370 g/mol. The van der Waals surface area contributed by atoms with Gasteiger partial charge in [-0.1, -0.05) is 25.3 Å². The highest BCUT2D eigenvalue weighted by Crippen LogP contribution is 2.27. The Kier molecular flexibility index (Phi) is 6.11. The average molecular weight is 395 g/mol. The number of non-ortho nitro benzene ring substituents is 1. The lowest BCUT2D eigenvalue weighted by Gasteiger charge is -2.35. The maximum atomic E-state index is 12.8. The van der Waals surface area contributed by atoms with Crippen molar-refractivity contribution in [1.82, 2.24) is 9.21 Å². The van der Waals surface area contributed by atoms with Gasteiger partial charge in [0.15, 0.2) is 0 Å². The first-order valence-electron chi connectivity index (χ1n) is 9.40. The highest BCUT2D eigenvalue weighted by atomic mass is 32.2. The van der Waals surface area contributed by atoms with E-state index in [2.05, 4.69) is 0 Å². The molecule has 148 valence electrons. The van der Waals surface area contributed by atoms with Gasteiger partial charge in [0.25, 0.3) is 5.69 Å². The molecule has 0 spiro atoms. The minimum atomic E-state index is -3.80. The summed E-state index contributed by atoms with van der Waals surface area (Å²) in [6.07, 6.45) is 6.39. The van der Waals surface area contributed by atoms with E-state index in [1.807, 2.05) is 0 Å². The van der Waals surface area contributed by atoms with Crippen LogP contribution < -0.4 is 0 Å². The Balaban J connectivity index is 1.60. The van der Waals surface area contributed by atoms with Crippen molar-refractivity contribution in [3.05, 3.63) is 34.4 Å². The van der Waals surface area contributed by atoms with Gasteiger partial charge in [-0.3, -0.25) is 14.9 Å². The Morgan fingerprint density at radius 3 is 2.41 bits per heavy atom. The molecule has 2 aliphatic rings.